The van der Waals surface area contributed by atoms with Crippen LogP contribution in [-0.2, 0) is 11.3 Å². The number of ether oxygens (including phenoxy) is 2. The lowest BCUT2D eigenvalue weighted by molar-refractivity contribution is 0.0751. The Kier molecular flexibility index (Phi) is 7.04. The second-order valence-electron chi connectivity index (χ2n) is 6.22. The Morgan fingerprint density at radius 3 is 2.67 bits per heavy atom. The van der Waals surface area contributed by atoms with E-state index in [1.54, 1.807) is 0 Å². The molecule has 1 aromatic carbocycles. The molecule has 0 spiro atoms. The van der Waals surface area contributed by atoms with Crippen LogP contribution in [-0.4, -0.2) is 25.9 Å². The maximum atomic E-state index is 5.87. The number of benzene rings is 1. The van der Waals surface area contributed by atoms with Crippen LogP contribution in [0, 0.1) is 5.92 Å². The zero-order valence-corrected chi connectivity index (χ0v) is 13.4. The van der Waals surface area contributed by atoms with Crippen molar-refractivity contribution in [2.75, 3.05) is 19.8 Å². The minimum Gasteiger partial charge on any atom is -0.491 e. The van der Waals surface area contributed by atoms with E-state index in [0.717, 1.165) is 24.8 Å². The van der Waals surface area contributed by atoms with Crippen LogP contribution >= 0.6 is 0 Å². The van der Waals surface area contributed by atoms with Crippen molar-refractivity contribution >= 4 is 0 Å². The molecule has 1 aliphatic carbocycles. The molecule has 0 aliphatic heterocycles. The lowest BCUT2D eigenvalue weighted by atomic mass is 10.1. The third-order valence-corrected chi connectivity index (χ3v) is 3.99. The van der Waals surface area contributed by atoms with Crippen molar-refractivity contribution in [3.63, 3.8) is 0 Å². The predicted octanol–water partition coefficient (Wildman–Crippen LogP) is 3.77. The lowest BCUT2D eigenvalue weighted by Crippen LogP contribution is -2.22. The van der Waals surface area contributed by atoms with Crippen molar-refractivity contribution in [3.8, 4) is 5.75 Å². The Balaban J connectivity index is 1.67. The molecule has 0 heterocycles. The van der Waals surface area contributed by atoms with E-state index in [2.05, 4.69) is 31.3 Å². The molecule has 1 aromatic rings. The van der Waals surface area contributed by atoms with Gasteiger partial charge in [0.1, 0.15) is 12.4 Å². The SMILES string of the molecule is CC(C)NCc1ccccc1OCCOCC1CCCC1. The van der Waals surface area contributed by atoms with Gasteiger partial charge >= 0.3 is 0 Å². The fourth-order valence-electron chi connectivity index (χ4n) is 2.74. The van der Waals surface area contributed by atoms with Gasteiger partial charge in [-0.05, 0) is 24.8 Å². The zero-order valence-electron chi connectivity index (χ0n) is 13.4. The van der Waals surface area contributed by atoms with Gasteiger partial charge in [0.2, 0.25) is 0 Å². The van der Waals surface area contributed by atoms with Gasteiger partial charge in [-0.25, -0.2) is 0 Å². The molecule has 0 radical (unpaired) electrons. The predicted molar refractivity (Wildman–Crippen MR) is 86.7 cm³/mol. The standard InChI is InChI=1S/C18H29NO2/c1-15(2)19-13-17-9-5-6-10-18(17)21-12-11-20-14-16-7-3-4-8-16/h5-6,9-10,15-16,19H,3-4,7-8,11-14H2,1-2H3. The van der Waals surface area contributed by atoms with E-state index in [-0.39, 0.29) is 0 Å². The highest BCUT2D eigenvalue weighted by molar-refractivity contribution is 5.33. The fraction of sp³-hybridized carbons (Fsp3) is 0.667. The minimum absolute atomic E-state index is 0.479. The molecule has 2 rings (SSSR count). The Hall–Kier alpha value is -1.06. The van der Waals surface area contributed by atoms with E-state index in [0.29, 0.717) is 19.3 Å². The van der Waals surface area contributed by atoms with Gasteiger partial charge in [-0.2, -0.15) is 0 Å². The van der Waals surface area contributed by atoms with Gasteiger partial charge in [-0.1, -0.05) is 44.9 Å². The average molecular weight is 291 g/mol. The summed E-state index contributed by atoms with van der Waals surface area (Å²) in [6, 6.07) is 8.71. The van der Waals surface area contributed by atoms with Gasteiger partial charge < -0.3 is 14.8 Å². The van der Waals surface area contributed by atoms with E-state index in [9.17, 15) is 0 Å². The molecule has 3 nitrogen and oxygen atoms in total. The maximum absolute atomic E-state index is 5.87. The molecular formula is C18H29NO2. The highest BCUT2D eigenvalue weighted by atomic mass is 16.5. The number of rotatable bonds is 9. The zero-order chi connectivity index (χ0) is 14.9. The molecule has 21 heavy (non-hydrogen) atoms. The van der Waals surface area contributed by atoms with Crippen molar-refractivity contribution in [2.24, 2.45) is 5.92 Å². The highest BCUT2D eigenvalue weighted by Gasteiger charge is 2.14. The monoisotopic (exact) mass is 291 g/mol. The summed E-state index contributed by atoms with van der Waals surface area (Å²) in [7, 11) is 0. The highest BCUT2D eigenvalue weighted by Crippen LogP contribution is 2.24. The van der Waals surface area contributed by atoms with Crippen molar-refractivity contribution in [1.29, 1.82) is 0 Å². The quantitative estimate of drug-likeness (QED) is 0.703. The van der Waals surface area contributed by atoms with E-state index in [1.165, 1.54) is 31.2 Å². The summed E-state index contributed by atoms with van der Waals surface area (Å²) in [6.07, 6.45) is 5.43. The van der Waals surface area contributed by atoms with Crippen molar-refractivity contribution in [3.05, 3.63) is 29.8 Å². The molecule has 3 heteroatoms. The summed E-state index contributed by atoms with van der Waals surface area (Å²) in [6.45, 7) is 7.37. The smallest absolute Gasteiger partial charge is 0.123 e. The van der Waals surface area contributed by atoms with Crippen LogP contribution in [0.4, 0.5) is 0 Å². The van der Waals surface area contributed by atoms with E-state index >= 15 is 0 Å². The van der Waals surface area contributed by atoms with Crippen LogP contribution in [0.1, 0.15) is 45.1 Å². The van der Waals surface area contributed by atoms with Gasteiger partial charge in [-0.15, -0.1) is 0 Å². The number of para-hydroxylation sites is 1. The molecular weight excluding hydrogens is 262 g/mol. The van der Waals surface area contributed by atoms with Crippen molar-refractivity contribution < 1.29 is 9.47 Å². The topological polar surface area (TPSA) is 30.5 Å². The maximum Gasteiger partial charge on any atom is 0.123 e. The molecule has 0 saturated heterocycles. The fourth-order valence-corrected chi connectivity index (χ4v) is 2.74. The lowest BCUT2D eigenvalue weighted by Gasteiger charge is -2.14. The Labute approximate surface area is 129 Å². The Morgan fingerprint density at radius 1 is 1.14 bits per heavy atom. The summed E-state index contributed by atoms with van der Waals surface area (Å²) in [5.41, 5.74) is 1.21. The second kappa shape index (κ2) is 9.06. The van der Waals surface area contributed by atoms with Gasteiger partial charge in [0, 0.05) is 24.8 Å². The molecule has 0 amide bonds. The molecule has 0 unspecified atom stereocenters. The molecule has 118 valence electrons. The first-order valence-electron chi connectivity index (χ1n) is 8.27. The average Bonchev–Trinajstić information content (AvgIpc) is 2.99. The molecule has 0 bridgehead atoms. The van der Waals surface area contributed by atoms with E-state index in [4.69, 9.17) is 9.47 Å². The summed E-state index contributed by atoms with van der Waals surface area (Å²) >= 11 is 0. The largest absolute Gasteiger partial charge is 0.491 e. The van der Waals surface area contributed by atoms with Crippen molar-refractivity contribution in [1.82, 2.24) is 5.32 Å². The first-order valence-corrected chi connectivity index (χ1v) is 8.27. The number of hydrogen-bond acceptors (Lipinski definition) is 3. The second-order valence-corrected chi connectivity index (χ2v) is 6.22. The summed E-state index contributed by atoms with van der Waals surface area (Å²) in [5, 5.41) is 3.43. The molecule has 0 atom stereocenters. The summed E-state index contributed by atoms with van der Waals surface area (Å²) in [4.78, 5) is 0. The molecule has 1 N–H and O–H groups in total. The third-order valence-electron chi connectivity index (χ3n) is 3.99. The van der Waals surface area contributed by atoms with Crippen LogP contribution in [0.3, 0.4) is 0 Å². The van der Waals surface area contributed by atoms with Gasteiger partial charge in [0.05, 0.1) is 6.61 Å². The van der Waals surface area contributed by atoms with Crippen molar-refractivity contribution in [2.45, 2.75) is 52.1 Å². The van der Waals surface area contributed by atoms with Crippen LogP contribution in [0.25, 0.3) is 0 Å². The van der Waals surface area contributed by atoms with E-state index < -0.39 is 0 Å². The molecule has 0 aromatic heterocycles. The van der Waals surface area contributed by atoms with Gasteiger partial charge in [0.25, 0.3) is 0 Å². The van der Waals surface area contributed by atoms with E-state index in [1.807, 2.05) is 12.1 Å². The van der Waals surface area contributed by atoms with Gasteiger partial charge in [0.15, 0.2) is 0 Å². The van der Waals surface area contributed by atoms with Crippen LogP contribution in [0.5, 0.6) is 5.75 Å². The molecule has 1 aliphatic rings. The molecule has 1 fully saturated rings. The van der Waals surface area contributed by atoms with Crippen LogP contribution in [0.15, 0.2) is 24.3 Å². The van der Waals surface area contributed by atoms with Gasteiger partial charge in [-0.3, -0.25) is 0 Å². The minimum atomic E-state index is 0.479. The summed E-state index contributed by atoms with van der Waals surface area (Å²) < 4.78 is 11.6. The first kappa shape index (κ1) is 16.3. The number of hydrogen-bond donors (Lipinski definition) is 1. The third kappa shape index (κ3) is 6.06. The molecule has 1 saturated carbocycles. The Bertz CT molecular complexity index is 400. The van der Waals surface area contributed by atoms with Crippen LogP contribution in [0.2, 0.25) is 0 Å². The van der Waals surface area contributed by atoms with Crippen LogP contribution < -0.4 is 10.1 Å². The number of nitrogens with one attached hydrogen (secondary N) is 1. The summed E-state index contributed by atoms with van der Waals surface area (Å²) in [5.74, 6) is 1.75. The normalized spacial score (nSPS) is 15.8. The Morgan fingerprint density at radius 2 is 1.90 bits per heavy atom. The first-order chi connectivity index (χ1) is 10.3.